The molecule has 1 amide bonds. The van der Waals surface area contributed by atoms with Crippen molar-refractivity contribution in [3.63, 3.8) is 0 Å². The first-order valence-electron chi connectivity index (χ1n) is 12.8. The molecule has 0 aliphatic heterocycles. The predicted molar refractivity (Wildman–Crippen MR) is 150 cm³/mol. The molecule has 1 aromatic heterocycles. The van der Waals surface area contributed by atoms with Crippen molar-refractivity contribution in [2.45, 2.75) is 38.8 Å². The highest BCUT2D eigenvalue weighted by Gasteiger charge is 2.19. The number of benzene rings is 3. The number of hydrogen-bond donors (Lipinski definition) is 1. The molecular weight excluding hydrogens is 478 g/mol. The predicted octanol–water partition coefficient (Wildman–Crippen LogP) is 6.13. The smallest absolute Gasteiger partial charge is 0.251 e. The molecule has 0 spiro atoms. The molecule has 4 aromatic rings. The topological polar surface area (TPSA) is 74.6 Å². The molecule has 3 aromatic carbocycles. The third kappa shape index (κ3) is 6.35. The first-order chi connectivity index (χ1) is 18.5. The van der Waals surface area contributed by atoms with Crippen molar-refractivity contribution in [1.29, 1.82) is 0 Å². The third-order valence-electron chi connectivity index (χ3n) is 6.41. The summed E-state index contributed by atoms with van der Waals surface area (Å²) in [6.07, 6.45) is 4.41. The zero-order valence-corrected chi connectivity index (χ0v) is 22.3. The lowest BCUT2D eigenvalue weighted by molar-refractivity contribution is 0.0937. The summed E-state index contributed by atoms with van der Waals surface area (Å²) in [5.41, 5.74) is 3.67. The fourth-order valence-corrected chi connectivity index (χ4v) is 4.43. The largest absolute Gasteiger partial charge is 0.497 e. The molecule has 1 heterocycles. The first-order valence-corrected chi connectivity index (χ1v) is 12.8. The van der Waals surface area contributed by atoms with Crippen molar-refractivity contribution in [2.24, 2.45) is 0 Å². The van der Waals surface area contributed by atoms with Gasteiger partial charge in [0.25, 0.3) is 5.91 Å². The Bertz CT molecular complexity index is 1380. The van der Waals surface area contributed by atoms with Crippen molar-refractivity contribution in [3.05, 3.63) is 96.3 Å². The molecule has 1 unspecified atom stereocenters. The van der Waals surface area contributed by atoms with Gasteiger partial charge < -0.3 is 24.1 Å². The number of para-hydroxylation sites is 2. The maximum atomic E-state index is 12.9. The van der Waals surface area contributed by atoms with E-state index in [4.69, 9.17) is 19.2 Å². The van der Waals surface area contributed by atoms with Gasteiger partial charge in [-0.2, -0.15) is 0 Å². The number of fused-ring (bicyclic) bond motifs is 1. The molecule has 0 aliphatic carbocycles. The average Bonchev–Trinajstić information content (AvgIpc) is 3.32. The average molecular weight is 514 g/mol. The molecular formula is C31H35N3O4. The molecule has 1 N–H and O–H groups in total. The third-order valence-corrected chi connectivity index (χ3v) is 6.41. The van der Waals surface area contributed by atoms with E-state index < -0.39 is 0 Å². The van der Waals surface area contributed by atoms with Gasteiger partial charge in [0, 0.05) is 12.1 Å². The minimum absolute atomic E-state index is 0.153. The number of ether oxygens (including phenoxy) is 3. The van der Waals surface area contributed by atoms with Crippen LogP contribution >= 0.6 is 0 Å². The number of imidazole rings is 1. The molecule has 0 saturated carbocycles. The number of allylic oxidation sites excluding steroid dienone is 1. The van der Waals surface area contributed by atoms with E-state index in [2.05, 4.69) is 22.5 Å². The summed E-state index contributed by atoms with van der Waals surface area (Å²) in [4.78, 5) is 17.7. The van der Waals surface area contributed by atoms with E-state index in [-0.39, 0.29) is 11.9 Å². The second-order valence-corrected chi connectivity index (χ2v) is 9.07. The number of nitrogens with zero attached hydrogens (tertiary/aromatic N) is 2. The van der Waals surface area contributed by atoms with Gasteiger partial charge in [-0.3, -0.25) is 4.79 Å². The van der Waals surface area contributed by atoms with Gasteiger partial charge in [-0.15, -0.1) is 6.58 Å². The summed E-state index contributed by atoms with van der Waals surface area (Å²) in [6.45, 7) is 7.09. The second-order valence-electron chi connectivity index (χ2n) is 9.07. The lowest BCUT2D eigenvalue weighted by atomic mass is 10.1. The summed E-state index contributed by atoms with van der Waals surface area (Å²) in [5.74, 6) is 2.86. The normalized spacial score (nSPS) is 11.7. The Hall–Kier alpha value is -4.26. The highest BCUT2D eigenvalue weighted by atomic mass is 16.5. The van der Waals surface area contributed by atoms with Crippen LogP contribution in [0.25, 0.3) is 11.0 Å². The van der Waals surface area contributed by atoms with E-state index in [1.807, 2.05) is 49.4 Å². The molecule has 7 nitrogen and oxygen atoms in total. The standard InChI is InChI=1S/C31H35N3O4/c1-5-10-23-13-18-28(29(21-23)37-4)38-20-9-8-19-34-27-12-7-6-11-26(27)33-30(34)22(2)32-31(35)24-14-16-25(36-3)17-15-24/h5-7,11-18,21-22H,1,8-10,19-20H2,2-4H3,(H,32,35). The summed E-state index contributed by atoms with van der Waals surface area (Å²) >= 11 is 0. The lowest BCUT2D eigenvalue weighted by Gasteiger charge is -2.17. The molecule has 7 heteroatoms. The number of amides is 1. The van der Waals surface area contributed by atoms with Crippen LogP contribution in [0, 0.1) is 0 Å². The number of carbonyl (C=O) groups is 1. The number of nitrogens with one attached hydrogen (secondary N) is 1. The van der Waals surface area contributed by atoms with Crippen LogP contribution in [0.5, 0.6) is 17.2 Å². The summed E-state index contributed by atoms with van der Waals surface area (Å²) < 4.78 is 18.9. The number of hydrogen-bond acceptors (Lipinski definition) is 5. The fourth-order valence-electron chi connectivity index (χ4n) is 4.43. The van der Waals surface area contributed by atoms with Crippen LogP contribution in [0.2, 0.25) is 0 Å². The zero-order chi connectivity index (χ0) is 26.9. The Morgan fingerprint density at radius 2 is 1.82 bits per heavy atom. The monoisotopic (exact) mass is 513 g/mol. The maximum Gasteiger partial charge on any atom is 0.251 e. The Kier molecular flexibility index (Phi) is 9.03. The van der Waals surface area contributed by atoms with Gasteiger partial charge >= 0.3 is 0 Å². The van der Waals surface area contributed by atoms with Crippen LogP contribution in [-0.2, 0) is 13.0 Å². The van der Waals surface area contributed by atoms with Crippen LogP contribution in [0.3, 0.4) is 0 Å². The van der Waals surface area contributed by atoms with Crippen LogP contribution < -0.4 is 19.5 Å². The van der Waals surface area contributed by atoms with Crippen molar-refractivity contribution < 1.29 is 19.0 Å². The van der Waals surface area contributed by atoms with Gasteiger partial charge in [0.2, 0.25) is 0 Å². The molecule has 38 heavy (non-hydrogen) atoms. The number of aryl methyl sites for hydroxylation is 1. The second kappa shape index (κ2) is 12.8. The molecule has 0 aliphatic rings. The number of aromatic nitrogens is 2. The van der Waals surface area contributed by atoms with Crippen LogP contribution in [0.1, 0.15) is 47.6 Å². The Morgan fingerprint density at radius 3 is 2.55 bits per heavy atom. The Labute approximate surface area is 224 Å². The van der Waals surface area contributed by atoms with E-state index in [1.54, 1.807) is 38.5 Å². The summed E-state index contributed by atoms with van der Waals surface area (Å²) in [6, 6.07) is 20.8. The first kappa shape index (κ1) is 26.8. The molecule has 0 radical (unpaired) electrons. The summed E-state index contributed by atoms with van der Waals surface area (Å²) in [7, 11) is 3.26. The van der Waals surface area contributed by atoms with Gasteiger partial charge in [-0.05, 0) is 80.3 Å². The number of unbranched alkanes of at least 4 members (excludes halogenated alkanes) is 1. The van der Waals surface area contributed by atoms with E-state index >= 15 is 0 Å². The highest BCUT2D eigenvalue weighted by Crippen LogP contribution is 2.29. The van der Waals surface area contributed by atoms with Gasteiger partial charge in [0.1, 0.15) is 11.6 Å². The number of rotatable bonds is 13. The van der Waals surface area contributed by atoms with Crippen molar-refractivity contribution in [2.75, 3.05) is 20.8 Å². The Balaban J connectivity index is 1.40. The van der Waals surface area contributed by atoms with Crippen molar-refractivity contribution >= 4 is 16.9 Å². The van der Waals surface area contributed by atoms with Crippen molar-refractivity contribution in [1.82, 2.24) is 14.9 Å². The fraction of sp³-hybridized carbons (Fsp3) is 0.290. The minimum Gasteiger partial charge on any atom is -0.497 e. The molecule has 0 saturated heterocycles. The highest BCUT2D eigenvalue weighted by molar-refractivity contribution is 5.94. The van der Waals surface area contributed by atoms with E-state index in [0.717, 1.165) is 59.7 Å². The number of methoxy groups -OCH3 is 2. The van der Waals surface area contributed by atoms with Crippen LogP contribution in [-0.4, -0.2) is 36.3 Å². The van der Waals surface area contributed by atoms with E-state index in [1.165, 1.54) is 0 Å². The molecule has 1 atom stereocenters. The van der Waals surface area contributed by atoms with Gasteiger partial charge in [0.05, 0.1) is 37.9 Å². The maximum absolute atomic E-state index is 12.9. The molecule has 0 fully saturated rings. The molecule has 4 rings (SSSR count). The molecule has 0 bridgehead atoms. The van der Waals surface area contributed by atoms with Crippen LogP contribution in [0.15, 0.2) is 79.4 Å². The minimum atomic E-state index is -0.272. The van der Waals surface area contributed by atoms with E-state index in [9.17, 15) is 4.79 Å². The summed E-state index contributed by atoms with van der Waals surface area (Å²) in [5, 5.41) is 3.09. The SMILES string of the molecule is C=CCc1ccc(OCCCCn2c(C(C)NC(=O)c3ccc(OC)cc3)nc3ccccc32)c(OC)c1. The van der Waals surface area contributed by atoms with Gasteiger partial charge in [-0.1, -0.05) is 24.3 Å². The van der Waals surface area contributed by atoms with Gasteiger partial charge in [-0.25, -0.2) is 4.98 Å². The number of carbonyl (C=O) groups excluding carboxylic acids is 1. The lowest BCUT2D eigenvalue weighted by Crippen LogP contribution is -2.28. The Morgan fingerprint density at radius 1 is 1.03 bits per heavy atom. The zero-order valence-electron chi connectivity index (χ0n) is 22.3. The van der Waals surface area contributed by atoms with Crippen LogP contribution in [0.4, 0.5) is 0 Å². The quantitative estimate of drug-likeness (QED) is 0.172. The van der Waals surface area contributed by atoms with Crippen molar-refractivity contribution in [3.8, 4) is 17.2 Å². The molecule has 198 valence electrons. The van der Waals surface area contributed by atoms with E-state index in [0.29, 0.717) is 17.9 Å². The van der Waals surface area contributed by atoms with Gasteiger partial charge in [0.15, 0.2) is 11.5 Å².